The second kappa shape index (κ2) is 7.41. The Kier molecular flexibility index (Phi) is 5.85. The van der Waals surface area contributed by atoms with Crippen LogP contribution in [0.5, 0.6) is 0 Å². The van der Waals surface area contributed by atoms with Crippen molar-refractivity contribution < 1.29 is 4.79 Å². The van der Waals surface area contributed by atoms with Crippen LogP contribution in [0.25, 0.3) is 0 Å². The number of carbonyl (C=O) groups excluding carboxylic acids is 1. The largest absolute Gasteiger partial charge is 0.342 e. The Morgan fingerprint density at radius 1 is 1.00 bits per heavy atom. The van der Waals surface area contributed by atoms with Crippen LogP contribution in [0, 0.1) is 11.8 Å². The predicted octanol–water partition coefficient (Wildman–Crippen LogP) is 1.52. The van der Waals surface area contributed by atoms with Crippen molar-refractivity contribution in [2.45, 2.75) is 33.6 Å². The van der Waals surface area contributed by atoms with Crippen LogP contribution in [0.3, 0.4) is 0 Å². The van der Waals surface area contributed by atoms with Gasteiger partial charge in [0.05, 0.1) is 6.54 Å². The van der Waals surface area contributed by atoms with Gasteiger partial charge in [-0.3, -0.25) is 9.69 Å². The fourth-order valence-electron chi connectivity index (χ4n) is 3.20. The Bertz CT molecular complexity index is 303. The molecule has 0 aromatic rings. The van der Waals surface area contributed by atoms with E-state index in [4.69, 9.17) is 0 Å². The minimum atomic E-state index is 0.342. The van der Waals surface area contributed by atoms with E-state index in [-0.39, 0.29) is 0 Å². The van der Waals surface area contributed by atoms with Crippen molar-refractivity contribution >= 4 is 5.91 Å². The van der Waals surface area contributed by atoms with Crippen molar-refractivity contribution in [3.8, 4) is 0 Å². The summed E-state index contributed by atoms with van der Waals surface area (Å²) in [6.07, 6.45) is 2.35. The van der Waals surface area contributed by atoms with Crippen LogP contribution in [0.4, 0.5) is 0 Å². The van der Waals surface area contributed by atoms with Crippen LogP contribution < -0.4 is 0 Å². The maximum atomic E-state index is 12.3. The first-order chi connectivity index (χ1) is 9.54. The van der Waals surface area contributed by atoms with E-state index >= 15 is 0 Å². The molecule has 4 nitrogen and oxygen atoms in total. The number of rotatable bonds is 4. The SMILES string of the molecule is CC(C)CN1CCN(CC(=O)N2CCC(C)CC2)CC1. The van der Waals surface area contributed by atoms with Gasteiger partial charge in [0, 0.05) is 45.8 Å². The van der Waals surface area contributed by atoms with Crippen LogP contribution in [0.1, 0.15) is 33.6 Å². The van der Waals surface area contributed by atoms with Crippen LogP contribution in [-0.2, 0) is 4.79 Å². The summed E-state index contributed by atoms with van der Waals surface area (Å²) in [6.45, 7) is 14.9. The molecule has 0 N–H and O–H groups in total. The molecular formula is C16H31N3O. The van der Waals surface area contributed by atoms with Gasteiger partial charge in [0.15, 0.2) is 0 Å². The molecule has 0 aromatic carbocycles. The highest BCUT2D eigenvalue weighted by Gasteiger charge is 2.24. The molecule has 116 valence electrons. The number of piperazine rings is 1. The zero-order valence-electron chi connectivity index (χ0n) is 13.5. The Morgan fingerprint density at radius 3 is 2.10 bits per heavy atom. The molecule has 0 saturated carbocycles. The molecule has 0 aliphatic carbocycles. The second-order valence-corrected chi connectivity index (χ2v) is 7.03. The molecule has 0 unspecified atom stereocenters. The first-order valence-corrected chi connectivity index (χ1v) is 8.27. The van der Waals surface area contributed by atoms with E-state index in [9.17, 15) is 4.79 Å². The molecule has 2 heterocycles. The number of carbonyl (C=O) groups is 1. The van der Waals surface area contributed by atoms with E-state index in [1.165, 1.54) is 19.4 Å². The number of nitrogens with zero attached hydrogens (tertiary/aromatic N) is 3. The van der Waals surface area contributed by atoms with Gasteiger partial charge in [-0.15, -0.1) is 0 Å². The highest BCUT2D eigenvalue weighted by molar-refractivity contribution is 5.78. The quantitative estimate of drug-likeness (QED) is 0.782. The average Bonchev–Trinajstić information content (AvgIpc) is 2.41. The molecule has 0 aromatic heterocycles. The topological polar surface area (TPSA) is 26.8 Å². The van der Waals surface area contributed by atoms with Crippen molar-refractivity contribution in [2.75, 3.05) is 52.4 Å². The molecule has 2 aliphatic heterocycles. The highest BCUT2D eigenvalue weighted by atomic mass is 16.2. The van der Waals surface area contributed by atoms with Crippen molar-refractivity contribution in [1.29, 1.82) is 0 Å². The van der Waals surface area contributed by atoms with E-state index < -0.39 is 0 Å². The van der Waals surface area contributed by atoms with Gasteiger partial charge in [-0.1, -0.05) is 20.8 Å². The molecular weight excluding hydrogens is 250 g/mol. The number of likely N-dealkylation sites (tertiary alicyclic amines) is 1. The molecule has 0 atom stereocenters. The summed E-state index contributed by atoms with van der Waals surface area (Å²) >= 11 is 0. The van der Waals surface area contributed by atoms with E-state index in [0.717, 1.165) is 51.1 Å². The van der Waals surface area contributed by atoms with Crippen LogP contribution in [0.2, 0.25) is 0 Å². The number of hydrogen-bond donors (Lipinski definition) is 0. The lowest BCUT2D eigenvalue weighted by Crippen LogP contribution is -2.51. The Balaban J connectivity index is 1.68. The monoisotopic (exact) mass is 281 g/mol. The third-order valence-corrected chi connectivity index (χ3v) is 4.58. The lowest BCUT2D eigenvalue weighted by Gasteiger charge is -2.37. The molecule has 0 spiro atoms. The van der Waals surface area contributed by atoms with Gasteiger partial charge in [-0.25, -0.2) is 0 Å². The van der Waals surface area contributed by atoms with Crippen molar-refractivity contribution in [2.24, 2.45) is 11.8 Å². The summed E-state index contributed by atoms with van der Waals surface area (Å²) in [6, 6.07) is 0. The summed E-state index contributed by atoms with van der Waals surface area (Å²) < 4.78 is 0. The third-order valence-electron chi connectivity index (χ3n) is 4.58. The van der Waals surface area contributed by atoms with Crippen molar-refractivity contribution in [1.82, 2.24) is 14.7 Å². The van der Waals surface area contributed by atoms with E-state index in [2.05, 4.69) is 35.5 Å². The van der Waals surface area contributed by atoms with Crippen LogP contribution in [0.15, 0.2) is 0 Å². The Hall–Kier alpha value is -0.610. The summed E-state index contributed by atoms with van der Waals surface area (Å²) in [7, 11) is 0. The second-order valence-electron chi connectivity index (χ2n) is 7.03. The fraction of sp³-hybridized carbons (Fsp3) is 0.938. The maximum Gasteiger partial charge on any atom is 0.236 e. The van der Waals surface area contributed by atoms with Crippen LogP contribution in [-0.4, -0.2) is 73.0 Å². The summed E-state index contributed by atoms with van der Waals surface area (Å²) in [5, 5.41) is 0. The Labute approximate surface area is 124 Å². The maximum absolute atomic E-state index is 12.3. The van der Waals surface area contributed by atoms with Gasteiger partial charge in [-0.2, -0.15) is 0 Å². The van der Waals surface area contributed by atoms with Gasteiger partial charge in [0.2, 0.25) is 5.91 Å². The first-order valence-electron chi connectivity index (χ1n) is 8.27. The zero-order chi connectivity index (χ0) is 14.5. The summed E-state index contributed by atoms with van der Waals surface area (Å²) in [4.78, 5) is 19.2. The van der Waals surface area contributed by atoms with Crippen molar-refractivity contribution in [3.05, 3.63) is 0 Å². The molecule has 0 radical (unpaired) electrons. The summed E-state index contributed by atoms with van der Waals surface area (Å²) in [5.41, 5.74) is 0. The Morgan fingerprint density at radius 2 is 1.55 bits per heavy atom. The lowest BCUT2D eigenvalue weighted by molar-refractivity contribution is -0.134. The zero-order valence-corrected chi connectivity index (χ0v) is 13.5. The smallest absolute Gasteiger partial charge is 0.236 e. The lowest BCUT2D eigenvalue weighted by atomic mass is 9.99. The van der Waals surface area contributed by atoms with Gasteiger partial charge in [0.1, 0.15) is 0 Å². The molecule has 1 amide bonds. The minimum Gasteiger partial charge on any atom is -0.342 e. The molecule has 2 saturated heterocycles. The van der Waals surface area contributed by atoms with Gasteiger partial charge in [0.25, 0.3) is 0 Å². The van der Waals surface area contributed by atoms with Crippen LogP contribution >= 0.6 is 0 Å². The van der Waals surface area contributed by atoms with Gasteiger partial charge < -0.3 is 9.80 Å². The average molecular weight is 281 g/mol. The molecule has 20 heavy (non-hydrogen) atoms. The van der Waals surface area contributed by atoms with E-state index in [1.54, 1.807) is 0 Å². The number of hydrogen-bond acceptors (Lipinski definition) is 3. The number of amides is 1. The molecule has 2 aliphatic rings. The number of piperidine rings is 1. The van der Waals surface area contributed by atoms with Crippen molar-refractivity contribution in [3.63, 3.8) is 0 Å². The van der Waals surface area contributed by atoms with E-state index in [0.29, 0.717) is 12.5 Å². The normalized spacial score (nSPS) is 23.5. The predicted molar refractivity (Wildman–Crippen MR) is 82.7 cm³/mol. The standard InChI is InChI=1S/C16H31N3O/c1-14(2)12-17-8-10-18(11-9-17)13-16(20)19-6-4-15(3)5-7-19/h14-15H,4-13H2,1-3H3. The fourth-order valence-corrected chi connectivity index (χ4v) is 3.20. The van der Waals surface area contributed by atoms with E-state index in [1.807, 2.05) is 0 Å². The minimum absolute atomic E-state index is 0.342. The first kappa shape index (κ1) is 15.8. The molecule has 2 fully saturated rings. The van der Waals surface area contributed by atoms with Gasteiger partial charge in [-0.05, 0) is 24.7 Å². The molecule has 4 heteroatoms. The molecule has 2 rings (SSSR count). The summed E-state index contributed by atoms with van der Waals surface area (Å²) in [5.74, 6) is 1.87. The third kappa shape index (κ3) is 4.74. The molecule has 0 bridgehead atoms. The van der Waals surface area contributed by atoms with Gasteiger partial charge >= 0.3 is 0 Å². The highest BCUT2D eigenvalue weighted by Crippen LogP contribution is 2.16.